The third kappa shape index (κ3) is 5.35. The van der Waals surface area contributed by atoms with Gasteiger partial charge in [0.15, 0.2) is 5.78 Å². The molecule has 4 heteroatoms. The molecule has 0 heterocycles. The minimum absolute atomic E-state index is 0.122. The van der Waals surface area contributed by atoms with E-state index in [1.807, 2.05) is 34.6 Å². The number of Topliss-reactive ketones (excluding diaryl/α,β-unsaturated/α-hetero) is 1. The van der Waals surface area contributed by atoms with Crippen LogP contribution < -0.4 is 5.32 Å². The van der Waals surface area contributed by atoms with Gasteiger partial charge in [0.1, 0.15) is 0 Å². The van der Waals surface area contributed by atoms with Crippen molar-refractivity contribution in [1.29, 1.82) is 0 Å². The molecule has 16 heavy (non-hydrogen) atoms. The molecular weight excluding hydrogens is 222 g/mol. The summed E-state index contributed by atoms with van der Waals surface area (Å²) in [5, 5.41) is 3.86. The molecule has 0 rings (SSSR count). The van der Waals surface area contributed by atoms with Gasteiger partial charge in [-0.05, 0) is 12.3 Å². The molecule has 0 aliphatic heterocycles. The Kier molecular flexibility index (Phi) is 5.79. The summed E-state index contributed by atoms with van der Waals surface area (Å²) in [6.07, 6.45) is 0.619. The van der Waals surface area contributed by atoms with Gasteiger partial charge in [-0.2, -0.15) is 0 Å². The molecule has 1 atom stereocenters. The summed E-state index contributed by atoms with van der Waals surface area (Å²) in [6, 6.07) is -0.482. The average molecular weight is 243 g/mol. The SMILES string of the molecule is CC(C)C[C@@H](NC(=O)C(C)(C)C)C(=O)C=S. The van der Waals surface area contributed by atoms with E-state index in [1.165, 1.54) is 0 Å². The number of amides is 1. The molecule has 0 saturated heterocycles. The summed E-state index contributed by atoms with van der Waals surface area (Å²) >= 11 is 4.62. The van der Waals surface area contributed by atoms with Gasteiger partial charge >= 0.3 is 0 Å². The van der Waals surface area contributed by atoms with Gasteiger partial charge in [0.2, 0.25) is 5.91 Å². The molecule has 1 amide bonds. The summed E-state index contributed by atoms with van der Waals surface area (Å²) < 4.78 is 0. The molecule has 0 aromatic rings. The third-order valence-corrected chi connectivity index (χ3v) is 2.39. The average Bonchev–Trinajstić information content (AvgIpc) is 2.13. The summed E-state index contributed by atoms with van der Waals surface area (Å²) in [7, 11) is 0. The summed E-state index contributed by atoms with van der Waals surface area (Å²) in [4.78, 5) is 23.3. The zero-order valence-corrected chi connectivity index (χ0v) is 11.5. The lowest BCUT2D eigenvalue weighted by molar-refractivity contribution is -0.131. The van der Waals surface area contributed by atoms with E-state index < -0.39 is 11.5 Å². The van der Waals surface area contributed by atoms with E-state index >= 15 is 0 Å². The molecule has 0 spiro atoms. The Hall–Kier alpha value is -0.770. The molecule has 0 aromatic heterocycles. The fourth-order valence-electron chi connectivity index (χ4n) is 1.17. The van der Waals surface area contributed by atoms with Gasteiger partial charge in [0.05, 0.1) is 6.04 Å². The highest BCUT2D eigenvalue weighted by Crippen LogP contribution is 2.14. The zero-order valence-electron chi connectivity index (χ0n) is 10.7. The molecule has 92 valence electrons. The number of thiocarbonyl (C=S) groups is 1. The van der Waals surface area contributed by atoms with Crippen LogP contribution in [0.2, 0.25) is 0 Å². The van der Waals surface area contributed by atoms with Crippen molar-refractivity contribution in [2.45, 2.75) is 47.1 Å². The maximum absolute atomic E-state index is 11.8. The fourth-order valence-corrected chi connectivity index (χ4v) is 1.34. The lowest BCUT2D eigenvalue weighted by atomic mass is 9.93. The van der Waals surface area contributed by atoms with Crippen LogP contribution in [0.3, 0.4) is 0 Å². The van der Waals surface area contributed by atoms with Crippen LogP contribution in [0.15, 0.2) is 0 Å². The van der Waals surface area contributed by atoms with Crippen LogP contribution in [0.25, 0.3) is 0 Å². The van der Waals surface area contributed by atoms with Crippen LogP contribution in [0.1, 0.15) is 41.0 Å². The van der Waals surface area contributed by atoms with Crippen molar-refractivity contribution < 1.29 is 9.59 Å². The first-order valence-corrected chi connectivity index (χ1v) is 5.95. The molecule has 0 bridgehead atoms. The quantitative estimate of drug-likeness (QED) is 0.752. The van der Waals surface area contributed by atoms with Gasteiger partial charge in [0, 0.05) is 10.8 Å². The Labute approximate surface area is 103 Å². The van der Waals surface area contributed by atoms with E-state index in [4.69, 9.17) is 0 Å². The lowest BCUT2D eigenvalue weighted by Gasteiger charge is -2.23. The van der Waals surface area contributed by atoms with Crippen LogP contribution in [0.4, 0.5) is 0 Å². The maximum atomic E-state index is 11.8. The molecule has 0 aliphatic carbocycles. The highest BCUT2D eigenvalue weighted by atomic mass is 32.1. The Morgan fingerprint density at radius 2 is 1.81 bits per heavy atom. The second-order valence-corrected chi connectivity index (χ2v) is 5.66. The van der Waals surface area contributed by atoms with E-state index in [2.05, 4.69) is 17.5 Å². The minimum atomic E-state index is -0.489. The first-order chi connectivity index (χ1) is 7.18. The summed E-state index contributed by atoms with van der Waals surface area (Å²) in [5.41, 5.74) is -0.489. The molecule has 0 aromatic carbocycles. The third-order valence-electron chi connectivity index (χ3n) is 2.15. The molecule has 0 unspecified atom stereocenters. The predicted octanol–water partition coefficient (Wildman–Crippen LogP) is 2.13. The number of nitrogens with one attached hydrogen (secondary N) is 1. The van der Waals surface area contributed by atoms with Crippen molar-refractivity contribution in [3.63, 3.8) is 0 Å². The Balaban J connectivity index is 4.61. The number of rotatable bonds is 5. The second kappa shape index (κ2) is 6.09. The van der Waals surface area contributed by atoms with Gasteiger partial charge in [-0.3, -0.25) is 9.59 Å². The molecule has 0 radical (unpaired) electrons. The highest BCUT2D eigenvalue weighted by molar-refractivity contribution is 7.80. The minimum Gasteiger partial charge on any atom is -0.345 e. The van der Waals surface area contributed by atoms with Gasteiger partial charge in [-0.15, -0.1) is 0 Å². The molecule has 0 aliphatic rings. The van der Waals surface area contributed by atoms with Crippen molar-refractivity contribution >= 4 is 29.3 Å². The van der Waals surface area contributed by atoms with Crippen molar-refractivity contribution in [3.05, 3.63) is 0 Å². The molecule has 0 saturated carbocycles. The Morgan fingerprint density at radius 1 is 1.31 bits per heavy atom. The smallest absolute Gasteiger partial charge is 0.225 e. The van der Waals surface area contributed by atoms with Gasteiger partial charge in [-0.1, -0.05) is 46.8 Å². The van der Waals surface area contributed by atoms with E-state index in [9.17, 15) is 9.59 Å². The van der Waals surface area contributed by atoms with Gasteiger partial charge in [0.25, 0.3) is 0 Å². The van der Waals surface area contributed by atoms with Crippen LogP contribution in [-0.2, 0) is 9.59 Å². The van der Waals surface area contributed by atoms with Crippen LogP contribution in [0.5, 0.6) is 0 Å². The fraction of sp³-hybridized carbons (Fsp3) is 0.750. The van der Waals surface area contributed by atoms with Crippen molar-refractivity contribution in [2.75, 3.05) is 0 Å². The largest absolute Gasteiger partial charge is 0.345 e. The lowest BCUT2D eigenvalue weighted by Crippen LogP contribution is -2.46. The second-order valence-electron chi connectivity index (χ2n) is 5.43. The van der Waals surface area contributed by atoms with E-state index in [0.29, 0.717) is 12.3 Å². The topological polar surface area (TPSA) is 46.2 Å². The van der Waals surface area contributed by atoms with Crippen molar-refractivity contribution in [1.82, 2.24) is 5.32 Å². The normalized spacial score (nSPS) is 13.4. The molecule has 3 nitrogen and oxygen atoms in total. The summed E-state index contributed by atoms with van der Waals surface area (Å²) in [6.45, 7) is 9.46. The Bertz CT molecular complexity index is 279. The first-order valence-electron chi connectivity index (χ1n) is 5.48. The zero-order chi connectivity index (χ0) is 12.9. The maximum Gasteiger partial charge on any atom is 0.225 e. The van der Waals surface area contributed by atoms with Gasteiger partial charge < -0.3 is 5.32 Å². The van der Waals surface area contributed by atoms with Gasteiger partial charge in [-0.25, -0.2) is 0 Å². The van der Waals surface area contributed by atoms with E-state index in [0.717, 1.165) is 5.37 Å². The predicted molar refractivity (Wildman–Crippen MR) is 69.5 cm³/mol. The van der Waals surface area contributed by atoms with Crippen molar-refractivity contribution in [2.24, 2.45) is 11.3 Å². The van der Waals surface area contributed by atoms with Crippen LogP contribution >= 0.6 is 12.2 Å². The number of carbonyl (C=O) groups excluding carboxylic acids is 2. The van der Waals surface area contributed by atoms with Crippen LogP contribution in [0, 0.1) is 11.3 Å². The standard InChI is InChI=1S/C12H21NO2S/c1-8(2)6-9(10(14)7-16)13-11(15)12(3,4)5/h7-9H,6H2,1-5H3,(H,13,15)/t9-/m1/s1. The monoisotopic (exact) mass is 243 g/mol. The highest BCUT2D eigenvalue weighted by Gasteiger charge is 2.26. The molecular formula is C12H21NO2S. The van der Waals surface area contributed by atoms with E-state index in [-0.39, 0.29) is 11.7 Å². The number of ketones is 1. The van der Waals surface area contributed by atoms with Crippen molar-refractivity contribution in [3.8, 4) is 0 Å². The number of hydrogen-bond donors (Lipinski definition) is 1. The molecule has 1 N–H and O–H groups in total. The molecule has 0 fully saturated rings. The first kappa shape index (κ1) is 15.2. The number of hydrogen-bond acceptors (Lipinski definition) is 3. The summed E-state index contributed by atoms with van der Waals surface area (Å²) in [5.74, 6) is 0.0221. The van der Waals surface area contributed by atoms with Crippen LogP contribution in [-0.4, -0.2) is 23.1 Å². The van der Waals surface area contributed by atoms with E-state index in [1.54, 1.807) is 0 Å². The Morgan fingerprint density at radius 3 is 2.12 bits per heavy atom. The number of carbonyl (C=O) groups is 2.